The van der Waals surface area contributed by atoms with Gasteiger partial charge in [0.25, 0.3) is 0 Å². The summed E-state index contributed by atoms with van der Waals surface area (Å²) in [5, 5.41) is 16.4. The van der Waals surface area contributed by atoms with Crippen molar-refractivity contribution in [2.75, 3.05) is 13.1 Å². The molecule has 2 N–H and O–H groups in total. The minimum atomic E-state index is -0.667. The first kappa shape index (κ1) is 26.2. The molecule has 1 saturated heterocycles. The van der Waals surface area contributed by atoms with Crippen molar-refractivity contribution in [1.29, 1.82) is 5.26 Å². The Morgan fingerprint density at radius 3 is 2.44 bits per heavy atom. The maximum absolute atomic E-state index is 13.7. The third-order valence-corrected chi connectivity index (χ3v) is 8.34. The van der Waals surface area contributed by atoms with Crippen LogP contribution < -0.4 is 10.6 Å². The van der Waals surface area contributed by atoms with Gasteiger partial charge in [0.05, 0.1) is 12.1 Å². The van der Waals surface area contributed by atoms with Crippen LogP contribution in [0.3, 0.4) is 0 Å². The summed E-state index contributed by atoms with van der Waals surface area (Å²) in [7, 11) is 0. The molecular weight excluding hydrogens is 472 g/mol. The molecule has 2 aliphatic heterocycles. The van der Waals surface area contributed by atoms with E-state index in [1.54, 1.807) is 12.1 Å². The van der Waals surface area contributed by atoms with Crippen LogP contribution >= 0.6 is 11.6 Å². The van der Waals surface area contributed by atoms with Gasteiger partial charge in [0.1, 0.15) is 6.04 Å². The zero-order chi connectivity index (χ0) is 25.7. The molecule has 0 radical (unpaired) electrons. The van der Waals surface area contributed by atoms with Crippen LogP contribution in [0.25, 0.3) is 0 Å². The summed E-state index contributed by atoms with van der Waals surface area (Å²) in [5.41, 5.74) is 3.25. The van der Waals surface area contributed by atoms with Crippen LogP contribution in [-0.2, 0) is 29.0 Å². The summed E-state index contributed by atoms with van der Waals surface area (Å²) >= 11 is 6.06. The van der Waals surface area contributed by atoms with E-state index in [-0.39, 0.29) is 23.3 Å². The summed E-state index contributed by atoms with van der Waals surface area (Å²) < 4.78 is 0. The molecule has 4 rings (SSSR count). The first-order chi connectivity index (χ1) is 17.3. The van der Waals surface area contributed by atoms with Crippen LogP contribution in [0.4, 0.5) is 0 Å². The molecular formula is C29H35ClN4O2. The van der Waals surface area contributed by atoms with Gasteiger partial charge in [-0.15, -0.1) is 0 Å². The maximum atomic E-state index is 13.7. The molecule has 0 spiro atoms. The van der Waals surface area contributed by atoms with E-state index in [1.165, 1.54) is 5.56 Å². The molecule has 2 aromatic rings. The fourth-order valence-corrected chi connectivity index (χ4v) is 5.60. The number of likely N-dealkylation sites (tertiary alicyclic amines) is 1. The third kappa shape index (κ3) is 5.91. The van der Waals surface area contributed by atoms with Crippen LogP contribution in [0.1, 0.15) is 49.8 Å². The quantitative estimate of drug-likeness (QED) is 0.587. The van der Waals surface area contributed by atoms with Crippen molar-refractivity contribution in [1.82, 2.24) is 15.5 Å². The normalized spacial score (nSPS) is 19.8. The monoisotopic (exact) mass is 506 g/mol. The predicted octanol–water partition coefficient (Wildman–Crippen LogP) is 4.26. The summed E-state index contributed by atoms with van der Waals surface area (Å²) in [4.78, 5) is 28.9. The van der Waals surface area contributed by atoms with Gasteiger partial charge in [-0.1, -0.05) is 61.8 Å². The van der Waals surface area contributed by atoms with Gasteiger partial charge in [0, 0.05) is 37.5 Å². The number of nitrogens with one attached hydrogen (secondary N) is 2. The minimum Gasteiger partial charge on any atom is -0.343 e. The first-order valence-corrected chi connectivity index (χ1v) is 13.2. The Hall–Kier alpha value is -2.88. The molecule has 6 nitrogen and oxygen atoms in total. The minimum absolute atomic E-state index is 0.0557. The summed E-state index contributed by atoms with van der Waals surface area (Å²) in [6.45, 7) is 6.15. The molecule has 2 atom stereocenters. The highest BCUT2D eigenvalue weighted by Gasteiger charge is 2.40. The first-order valence-electron chi connectivity index (χ1n) is 12.8. The number of halogens is 1. The second-order valence-corrected chi connectivity index (χ2v) is 10.9. The highest BCUT2D eigenvalue weighted by molar-refractivity contribution is 6.30. The molecule has 2 aliphatic rings. The van der Waals surface area contributed by atoms with Crippen molar-refractivity contribution >= 4 is 23.4 Å². The average Bonchev–Trinajstić information content (AvgIpc) is 2.89. The molecule has 0 aliphatic carbocycles. The Labute approximate surface area is 219 Å². The summed E-state index contributed by atoms with van der Waals surface area (Å²) in [6, 6.07) is 16.8. The standard InChI is InChI=1S/C29H35ClN4O2/c1-20(2)29(11-14-31)12-15-34(16-13-29)28(36)26(17-21-7-9-24(30)10-8-21)33-27(35)25-18-22-5-3-4-6-23(22)19-32-25/h3-10,20,25-26,32H,11-13,15-19H2,1-2H3,(H,33,35)/t25-,26+/m1/s1. The van der Waals surface area contributed by atoms with Gasteiger partial charge >= 0.3 is 0 Å². The van der Waals surface area contributed by atoms with Gasteiger partial charge in [0.15, 0.2) is 0 Å². The Balaban J connectivity index is 1.48. The molecule has 2 heterocycles. The maximum Gasteiger partial charge on any atom is 0.245 e. The number of carbonyl (C=O) groups excluding carboxylic acids is 2. The zero-order valence-corrected chi connectivity index (χ0v) is 21.9. The number of hydrogen-bond donors (Lipinski definition) is 2. The number of piperidine rings is 1. The van der Waals surface area contributed by atoms with Gasteiger partial charge in [-0.2, -0.15) is 5.26 Å². The van der Waals surface area contributed by atoms with E-state index in [1.807, 2.05) is 29.2 Å². The molecule has 7 heteroatoms. The zero-order valence-electron chi connectivity index (χ0n) is 21.1. The Bertz CT molecular complexity index is 1120. The lowest BCUT2D eigenvalue weighted by molar-refractivity contribution is -0.139. The average molecular weight is 507 g/mol. The Kier molecular flexibility index (Phi) is 8.33. The van der Waals surface area contributed by atoms with Gasteiger partial charge in [-0.3, -0.25) is 9.59 Å². The number of carbonyl (C=O) groups is 2. The van der Waals surface area contributed by atoms with E-state index in [0.717, 1.165) is 24.0 Å². The van der Waals surface area contributed by atoms with Crippen LogP contribution in [0.15, 0.2) is 48.5 Å². The van der Waals surface area contributed by atoms with Crippen molar-refractivity contribution < 1.29 is 9.59 Å². The molecule has 0 saturated carbocycles. The van der Waals surface area contributed by atoms with Gasteiger partial charge in [-0.25, -0.2) is 0 Å². The molecule has 0 bridgehead atoms. The van der Waals surface area contributed by atoms with Crippen LogP contribution in [0.5, 0.6) is 0 Å². The lowest BCUT2D eigenvalue weighted by atomic mass is 9.68. The number of fused-ring (bicyclic) bond motifs is 1. The number of hydrogen-bond acceptors (Lipinski definition) is 4. The fraction of sp³-hybridized carbons (Fsp3) is 0.483. The number of nitriles is 1. The second kappa shape index (κ2) is 11.5. The van der Waals surface area contributed by atoms with E-state index in [9.17, 15) is 14.9 Å². The van der Waals surface area contributed by atoms with Crippen molar-refractivity contribution in [3.63, 3.8) is 0 Å². The number of amides is 2. The van der Waals surface area contributed by atoms with Crippen molar-refractivity contribution in [2.24, 2.45) is 11.3 Å². The molecule has 1 fully saturated rings. The second-order valence-electron chi connectivity index (χ2n) is 10.5. The lowest BCUT2D eigenvalue weighted by Crippen LogP contribution is -2.57. The molecule has 2 aromatic carbocycles. The van der Waals surface area contributed by atoms with Gasteiger partial charge < -0.3 is 15.5 Å². The third-order valence-electron chi connectivity index (χ3n) is 8.09. The summed E-state index contributed by atoms with van der Waals surface area (Å²) in [5.74, 6) is 0.151. The molecule has 36 heavy (non-hydrogen) atoms. The molecule has 2 amide bonds. The topological polar surface area (TPSA) is 85.2 Å². The van der Waals surface area contributed by atoms with E-state index in [2.05, 4.69) is 42.7 Å². The Morgan fingerprint density at radius 2 is 1.81 bits per heavy atom. The van der Waals surface area contributed by atoms with Gasteiger partial charge in [-0.05, 0) is 59.4 Å². The SMILES string of the molecule is CC(C)C1(CC#N)CCN(C(=O)[C@H](Cc2ccc(Cl)cc2)NC(=O)[C@H]2Cc3ccccc3CN2)CC1. The van der Waals surface area contributed by atoms with E-state index >= 15 is 0 Å². The van der Waals surface area contributed by atoms with Crippen molar-refractivity contribution in [3.8, 4) is 6.07 Å². The lowest BCUT2D eigenvalue weighted by Gasteiger charge is -2.44. The highest BCUT2D eigenvalue weighted by atomic mass is 35.5. The number of rotatable bonds is 7. The van der Waals surface area contributed by atoms with Crippen LogP contribution in [0, 0.1) is 22.7 Å². The molecule has 0 aromatic heterocycles. The number of benzene rings is 2. The largest absolute Gasteiger partial charge is 0.343 e. The fourth-order valence-electron chi connectivity index (χ4n) is 5.48. The van der Waals surface area contributed by atoms with E-state index in [4.69, 9.17) is 11.6 Å². The Morgan fingerprint density at radius 1 is 1.14 bits per heavy atom. The van der Waals surface area contributed by atoms with E-state index in [0.29, 0.717) is 49.8 Å². The van der Waals surface area contributed by atoms with Crippen molar-refractivity contribution in [3.05, 3.63) is 70.2 Å². The molecule has 190 valence electrons. The molecule has 0 unspecified atom stereocenters. The van der Waals surface area contributed by atoms with E-state index < -0.39 is 6.04 Å². The number of nitrogens with zero attached hydrogens (tertiary/aromatic N) is 2. The van der Waals surface area contributed by atoms with Crippen LogP contribution in [-0.4, -0.2) is 41.9 Å². The predicted molar refractivity (Wildman–Crippen MR) is 141 cm³/mol. The summed E-state index contributed by atoms with van der Waals surface area (Å²) in [6.07, 6.45) is 3.10. The highest BCUT2D eigenvalue weighted by Crippen LogP contribution is 2.41. The van der Waals surface area contributed by atoms with Gasteiger partial charge in [0.2, 0.25) is 11.8 Å². The smallest absolute Gasteiger partial charge is 0.245 e. The van der Waals surface area contributed by atoms with Crippen LogP contribution in [0.2, 0.25) is 5.02 Å². The van der Waals surface area contributed by atoms with Crippen molar-refractivity contribution in [2.45, 2.75) is 64.6 Å².